The van der Waals surface area contributed by atoms with Gasteiger partial charge in [0.15, 0.2) is 11.5 Å². The van der Waals surface area contributed by atoms with Crippen LogP contribution in [0, 0.1) is 0 Å². The number of benzene rings is 2. The predicted octanol–water partition coefficient (Wildman–Crippen LogP) is 4.52. The lowest BCUT2D eigenvalue weighted by Gasteiger charge is -2.27. The van der Waals surface area contributed by atoms with Crippen molar-refractivity contribution >= 4 is 17.5 Å². The average molecular weight is 372 g/mol. The molecule has 0 bridgehead atoms. The van der Waals surface area contributed by atoms with Crippen LogP contribution in [0.5, 0.6) is 11.5 Å². The van der Waals surface area contributed by atoms with Crippen LogP contribution in [-0.4, -0.2) is 37.1 Å². The van der Waals surface area contributed by atoms with Crippen molar-refractivity contribution in [2.24, 2.45) is 0 Å². The van der Waals surface area contributed by atoms with Crippen LogP contribution >= 0.6 is 11.6 Å². The third-order valence-corrected chi connectivity index (χ3v) is 5.35. The van der Waals surface area contributed by atoms with E-state index in [0.717, 1.165) is 30.8 Å². The van der Waals surface area contributed by atoms with Crippen LogP contribution in [0.15, 0.2) is 42.5 Å². The number of carbonyl (C=O) groups is 1. The Labute approximate surface area is 158 Å². The second kappa shape index (κ2) is 7.58. The number of nitrogens with zero attached hydrogens (tertiary/aromatic N) is 1. The molecule has 1 saturated heterocycles. The summed E-state index contributed by atoms with van der Waals surface area (Å²) in [5, 5.41) is 0.739. The highest BCUT2D eigenvalue weighted by atomic mass is 35.5. The van der Waals surface area contributed by atoms with Crippen LogP contribution in [0.25, 0.3) is 0 Å². The van der Waals surface area contributed by atoms with E-state index < -0.39 is 0 Å². The highest BCUT2D eigenvalue weighted by Gasteiger charge is 2.28. The maximum Gasteiger partial charge on any atom is 0.257 e. The molecule has 2 aliphatic rings. The van der Waals surface area contributed by atoms with E-state index in [1.54, 1.807) is 0 Å². The molecule has 0 saturated carbocycles. The number of fused-ring (bicyclic) bond motifs is 1. The summed E-state index contributed by atoms with van der Waals surface area (Å²) in [4.78, 5) is 15.2. The van der Waals surface area contributed by atoms with Crippen molar-refractivity contribution in [3.05, 3.63) is 58.6 Å². The van der Waals surface area contributed by atoms with Gasteiger partial charge in [0.05, 0.1) is 5.56 Å². The quantitative estimate of drug-likeness (QED) is 0.779. The molecule has 5 heteroatoms. The van der Waals surface area contributed by atoms with Crippen LogP contribution in [-0.2, 0) is 0 Å². The molecule has 0 aliphatic carbocycles. The molecule has 26 heavy (non-hydrogen) atoms. The Bertz CT molecular complexity index is 790. The molecule has 136 valence electrons. The van der Waals surface area contributed by atoms with Crippen LogP contribution in [0.1, 0.15) is 41.1 Å². The number of hydrogen-bond acceptors (Lipinski definition) is 3. The van der Waals surface area contributed by atoms with Crippen molar-refractivity contribution in [1.29, 1.82) is 0 Å². The van der Waals surface area contributed by atoms with Gasteiger partial charge in [-0.25, -0.2) is 0 Å². The molecule has 0 N–H and O–H groups in total. The summed E-state index contributed by atoms with van der Waals surface area (Å²) in [5.74, 6) is 1.59. The van der Waals surface area contributed by atoms with E-state index in [1.165, 1.54) is 5.56 Å². The van der Waals surface area contributed by atoms with E-state index in [0.29, 0.717) is 42.7 Å². The van der Waals surface area contributed by atoms with Crippen molar-refractivity contribution < 1.29 is 14.3 Å². The lowest BCUT2D eigenvalue weighted by molar-refractivity contribution is 0.0744. The van der Waals surface area contributed by atoms with Gasteiger partial charge in [-0.3, -0.25) is 4.79 Å². The summed E-state index contributed by atoms with van der Waals surface area (Å²) >= 11 is 6.02. The molecule has 1 atom stereocenters. The molecule has 0 spiro atoms. The maximum atomic E-state index is 13.2. The SMILES string of the molecule is O=C(c1cccc2c1OCCO2)N1CCCCC(c2ccc(Cl)cc2)C1. The highest BCUT2D eigenvalue weighted by Crippen LogP contribution is 2.35. The zero-order valence-corrected chi connectivity index (χ0v) is 15.4. The summed E-state index contributed by atoms with van der Waals surface area (Å²) in [5.41, 5.74) is 1.84. The Kier molecular flexibility index (Phi) is 5.02. The van der Waals surface area contributed by atoms with E-state index >= 15 is 0 Å². The molecular weight excluding hydrogens is 350 g/mol. The molecule has 4 rings (SSSR count). The summed E-state index contributed by atoms with van der Waals surface area (Å²) in [7, 11) is 0. The number of amides is 1. The largest absolute Gasteiger partial charge is 0.486 e. The summed E-state index contributed by atoms with van der Waals surface area (Å²) in [6.07, 6.45) is 3.21. The summed E-state index contributed by atoms with van der Waals surface area (Å²) in [6.45, 7) is 2.48. The molecule has 0 aromatic heterocycles. The van der Waals surface area contributed by atoms with E-state index in [9.17, 15) is 4.79 Å². The second-order valence-electron chi connectivity index (χ2n) is 6.83. The van der Waals surface area contributed by atoms with Gasteiger partial charge in [-0.1, -0.05) is 36.2 Å². The number of likely N-dealkylation sites (tertiary alicyclic amines) is 1. The first kappa shape index (κ1) is 17.2. The normalized spacial score (nSPS) is 19.7. The summed E-state index contributed by atoms with van der Waals surface area (Å²) < 4.78 is 11.4. The molecule has 1 unspecified atom stereocenters. The Morgan fingerprint density at radius 2 is 1.85 bits per heavy atom. The number of carbonyl (C=O) groups excluding carboxylic acids is 1. The number of halogens is 1. The van der Waals surface area contributed by atoms with Crippen molar-refractivity contribution in [2.45, 2.75) is 25.2 Å². The fourth-order valence-corrected chi connectivity index (χ4v) is 3.87. The van der Waals surface area contributed by atoms with Gasteiger partial charge in [-0.2, -0.15) is 0 Å². The predicted molar refractivity (Wildman–Crippen MR) is 101 cm³/mol. The van der Waals surface area contributed by atoms with E-state index in [-0.39, 0.29) is 5.91 Å². The van der Waals surface area contributed by atoms with Crippen LogP contribution in [0.2, 0.25) is 5.02 Å². The van der Waals surface area contributed by atoms with Crippen molar-refractivity contribution in [2.75, 3.05) is 26.3 Å². The molecule has 2 aromatic carbocycles. The molecule has 2 heterocycles. The lowest BCUT2D eigenvalue weighted by atomic mass is 9.94. The first-order chi connectivity index (χ1) is 12.7. The molecule has 1 amide bonds. The number of hydrogen-bond donors (Lipinski definition) is 0. The second-order valence-corrected chi connectivity index (χ2v) is 7.26. The molecule has 1 fully saturated rings. The van der Waals surface area contributed by atoms with Crippen molar-refractivity contribution in [1.82, 2.24) is 4.90 Å². The number of para-hydroxylation sites is 1. The van der Waals surface area contributed by atoms with Gasteiger partial charge in [0.2, 0.25) is 0 Å². The monoisotopic (exact) mass is 371 g/mol. The van der Waals surface area contributed by atoms with Crippen molar-refractivity contribution in [3.63, 3.8) is 0 Å². The maximum absolute atomic E-state index is 13.2. The minimum atomic E-state index is 0.0215. The van der Waals surface area contributed by atoms with E-state index in [1.807, 2.05) is 35.2 Å². The topological polar surface area (TPSA) is 38.8 Å². The molecule has 0 radical (unpaired) electrons. The summed E-state index contributed by atoms with van der Waals surface area (Å²) in [6, 6.07) is 13.5. The van der Waals surface area contributed by atoms with E-state index in [2.05, 4.69) is 12.1 Å². The first-order valence-electron chi connectivity index (χ1n) is 9.16. The number of rotatable bonds is 2. The smallest absolute Gasteiger partial charge is 0.257 e. The Morgan fingerprint density at radius 1 is 1.04 bits per heavy atom. The standard InChI is InChI=1S/C21H22ClNO3/c22-17-9-7-15(8-10-17)16-4-1-2-11-23(14-16)21(24)18-5-3-6-19-20(18)26-13-12-25-19/h3,5-10,16H,1-2,4,11-14H2. The Balaban J connectivity index is 1.58. The van der Waals surface area contributed by atoms with Gasteiger partial charge in [-0.05, 0) is 42.7 Å². The highest BCUT2D eigenvalue weighted by molar-refractivity contribution is 6.30. The Morgan fingerprint density at radius 3 is 2.69 bits per heavy atom. The van der Waals surface area contributed by atoms with Gasteiger partial charge in [0.25, 0.3) is 5.91 Å². The molecule has 2 aromatic rings. The van der Waals surface area contributed by atoms with Crippen molar-refractivity contribution in [3.8, 4) is 11.5 Å². The lowest BCUT2D eigenvalue weighted by Crippen LogP contribution is -2.34. The molecule has 4 nitrogen and oxygen atoms in total. The third-order valence-electron chi connectivity index (χ3n) is 5.10. The first-order valence-corrected chi connectivity index (χ1v) is 9.53. The van der Waals surface area contributed by atoms with Gasteiger partial charge < -0.3 is 14.4 Å². The van der Waals surface area contributed by atoms with Gasteiger partial charge in [-0.15, -0.1) is 0 Å². The Hall–Kier alpha value is -2.20. The third kappa shape index (κ3) is 3.51. The fourth-order valence-electron chi connectivity index (χ4n) is 3.75. The minimum Gasteiger partial charge on any atom is -0.486 e. The molecular formula is C21H22ClNO3. The van der Waals surface area contributed by atoms with Crippen LogP contribution in [0.4, 0.5) is 0 Å². The fraction of sp³-hybridized carbons (Fsp3) is 0.381. The van der Waals surface area contributed by atoms with Crippen LogP contribution < -0.4 is 9.47 Å². The van der Waals surface area contributed by atoms with Gasteiger partial charge >= 0.3 is 0 Å². The van der Waals surface area contributed by atoms with Gasteiger partial charge in [0, 0.05) is 24.0 Å². The molecule has 2 aliphatic heterocycles. The number of ether oxygens (including phenoxy) is 2. The zero-order chi connectivity index (χ0) is 17.9. The minimum absolute atomic E-state index is 0.0215. The zero-order valence-electron chi connectivity index (χ0n) is 14.6. The van der Waals surface area contributed by atoms with Crippen LogP contribution in [0.3, 0.4) is 0 Å². The van der Waals surface area contributed by atoms with Gasteiger partial charge in [0.1, 0.15) is 13.2 Å². The van der Waals surface area contributed by atoms with E-state index in [4.69, 9.17) is 21.1 Å². The average Bonchev–Trinajstić information content (AvgIpc) is 2.94.